The highest BCUT2D eigenvalue weighted by molar-refractivity contribution is 5.56. The molecule has 6 nitrogen and oxygen atoms in total. The third-order valence-corrected chi connectivity index (χ3v) is 4.74. The Morgan fingerprint density at radius 3 is 2.92 bits per heavy atom. The lowest BCUT2D eigenvalue weighted by Gasteiger charge is -2.25. The lowest BCUT2D eigenvalue weighted by molar-refractivity contribution is 0.570. The molecule has 3 heterocycles. The van der Waals surface area contributed by atoms with Gasteiger partial charge in [0.25, 0.3) is 0 Å². The molecule has 0 fully saturated rings. The molecule has 0 saturated heterocycles. The summed E-state index contributed by atoms with van der Waals surface area (Å²) in [5, 5.41) is 8.22. The van der Waals surface area contributed by atoms with E-state index >= 15 is 0 Å². The molecule has 1 atom stereocenters. The zero-order chi connectivity index (χ0) is 17.4. The van der Waals surface area contributed by atoms with E-state index in [1.54, 1.807) is 12.4 Å². The average Bonchev–Trinajstić information content (AvgIpc) is 2.90. The molecule has 0 saturated carbocycles. The number of hydrogen-bond acceptors (Lipinski definition) is 5. The van der Waals surface area contributed by atoms with Crippen LogP contribution in [0.15, 0.2) is 30.6 Å². The fourth-order valence-corrected chi connectivity index (χ4v) is 3.68. The molecule has 128 valence electrons. The summed E-state index contributed by atoms with van der Waals surface area (Å²) in [5.74, 6) is 1.56. The Labute approximate surface area is 147 Å². The summed E-state index contributed by atoms with van der Waals surface area (Å²) in [4.78, 5) is 13.4. The monoisotopic (exact) mass is 334 g/mol. The number of aromatic nitrogens is 5. The quantitative estimate of drug-likeness (QED) is 0.795. The Bertz CT molecular complexity index is 900. The van der Waals surface area contributed by atoms with Crippen LogP contribution >= 0.6 is 0 Å². The van der Waals surface area contributed by atoms with Gasteiger partial charge in [0.15, 0.2) is 5.82 Å². The van der Waals surface area contributed by atoms with E-state index in [4.69, 9.17) is 4.98 Å². The van der Waals surface area contributed by atoms with Crippen molar-refractivity contribution < 1.29 is 0 Å². The first kappa shape index (κ1) is 15.7. The summed E-state index contributed by atoms with van der Waals surface area (Å²) in [6.45, 7) is 4.08. The Morgan fingerprint density at radius 1 is 1.24 bits per heavy atom. The van der Waals surface area contributed by atoms with Crippen molar-refractivity contribution in [2.45, 2.75) is 39.2 Å². The molecule has 1 N–H and O–H groups in total. The first-order valence-electron chi connectivity index (χ1n) is 8.67. The average molecular weight is 334 g/mol. The Hall–Kier alpha value is -2.76. The van der Waals surface area contributed by atoms with E-state index in [0.717, 1.165) is 42.0 Å². The number of nitrogens with one attached hydrogen (secondary N) is 1. The maximum Gasteiger partial charge on any atom is 0.163 e. The van der Waals surface area contributed by atoms with Crippen molar-refractivity contribution in [3.8, 4) is 11.4 Å². The predicted molar refractivity (Wildman–Crippen MR) is 97.2 cm³/mol. The Kier molecular flexibility index (Phi) is 3.95. The van der Waals surface area contributed by atoms with Gasteiger partial charge in [-0.2, -0.15) is 5.10 Å². The molecule has 3 aromatic rings. The summed E-state index contributed by atoms with van der Waals surface area (Å²) in [5.41, 5.74) is 5.63. The van der Waals surface area contributed by atoms with E-state index in [2.05, 4.69) is 27.3 Å². The van der Waals surface area contributed by atoms with Crippen LogP contribution < -0.4 is 5.32 Å². The standard InChI is InChI=1S/C19H22N6/c1-12-10-17(23-19(21-12)14-6-5-9-20-11-14)22-15-7-4-8-16-18(15)13(2)24-25(16)3/h5-6,9-11,15H,4,7-8H2,1-3H3,(H,21,22,23). The molecule has 4 rings (SSSR count). The number of hydrogen-bond donors (Lipinski definition) is 1. The minimum absolute atomic E-state index is 0.244. The van der Waals surface area contributed by atoms with E-state index < -0.39 is 0 Å². The molecule has 1 aliphatic rings. The van der Waals surface area contributed by atoms with Gasteiger partial charge in [0, 0.05) is 48.0 Å². The Morgan fingerprint density at radius 2 is 2.12 bits per heavy atom. The van der Waals surface area contributed by atoms with Crippen LogP contribution in [0.1, 0.15) is 41.5 Å². The van der Waals surface area contributed by atoms with Crippen LogP contribution in [0, 0.1) is 13.8 Å². The topological polar surface area (TPSA) is 68.5 Å². The molecule has 25 heavy (non-hydrogen) atoms. The van der Waals surface area contributed by atoms with Crippen molar-refractivity contribution >= 4 is 5.82 Å². The second-order valence-corrected chi connectivity index (χ2v) is 6.62. The highest BCUT2D eigenvalue weighted by Gasteiger charge is 2.26. The van der Waals surface area contributed by atoms with E-state index in [1.807, 2.05) is 36.9 Å². The number of rotatable bonds is 3. The van der Waals surface area contributed by atoms with Crippen molar-refractivity contribution in [2.24, 2.45) is 7.05 Å². The molecule has 0 aliphatic heterocycles. The molecule has 0 aromatic carbocycles. The van der Waals surface area contributed by atoms with Gasteiger partial charge in [0.1, 0.15) is 5.82 Å². The minimum Gasteiger partial charge on any atom is -0.363 e. The molecule has 0 amide bonds. The van der Waals surface area contributed by atoms with Crippen LogP contribution in [0.3, 0.4) is 0 Å². The highest BCUT2D eigenvalue weighted by atomic mass is 15.3. The SMILES string of the molecule is Cc1cc(NC2CCCc3c2c(C)nn3C)nc(-c2cccnc2)n1. The number of anilines is 1. The highest BCUT2D eigenvalue weighted by Crippen LogP contribution is 2.34. The number of nitrogens with zero attached hydrogens (tertiary/aromatic N) is 5. The molecule has 0 radical (unpaired) electrons. The smallest absolute Gasteiger partial charge is 0.163 e. The van der Waals surface area contributed by atoms with Gasteiger partial charge in [0.05, 0.1) is 11.7 Å². The summed E-state index contributed by atoms with van der Waals surface area (Å²) < 4.78 is 2.02. The van der Waals surface area contributed by atoms with E-state index in [0.29, 0.717) is 5.82 Å². The maximum absolute atomic E-state index is 4.72. The molecule has 1 aliphatic carbocycles. The van der Waals surface area contributed by atoms with E-state index in [1.165, 1.54) is 11.3 Å². The first-order chi connectivity index (χ1) is 12.1. The number of aryl methyl sites for hydroxylation is 3. The lowest BCUT2D eigenvalue weighted by atomic mass is 9.91. The normalized spacial score (nSPS) is 16.5. The van der Waals surface area contributed by atoms with Gasteiger partial charge >= 0.3 is 0 Å². The van der Waals surface area contributed by atoms with Gasteiger partial charge in [-0.3, -0.25) is 9.67 Å². The summed E-state index contributed by atoms with van der Waals surface area (Å²) in [6.07, 6.45) is 6.89. The lowest BCUT2D eigenvalue weighted by Crippen LogP contribution is -2.19. The maximum atomic E-state index is 4.72. The van der Waals surface area contributed by atoms with Crippen molar-refractivity contribution in [1.82, 2.24) is 24.7 Å². The van der Waals surface area contributed by atoms with E-state index in [9.17, 15) is 0 Å². The summed E-state index contributed by atoms with van der Waals surface area (Å²) in [6, 6.07) is 6.13. The van der Waals surface area contributed by atoms with Gasteiger partial charge in [-0.1, -0.05) is 0 Å². The number of fused-ring (bicyclic) bond motifs is 1. The summed E-state index contributed by atoms with van der Waals surface area (Å²) >= 11 is 0. The third-order valence-electron chi connectivity index (χ3n) is 4.74. The molecule has 0 bridgehead atoms. The second-order valence-electron chi connectivity index (χ2n) is 6.62. The minimum atomic E-state index is 0.244. The van der Waals surface area contributed by atoms with Crippen LogP contribution in [0.2, 0.25) is 0 Å². The van der Waals surface area contributed by atoms with Crippen LogP contribution in [-0.2, 0) is 13.5 Å². The van der Waals surface area contributed by atoms with Crippen LogP contribution in [-0.4, -0.2) is 24.7 Å². The largest absolute Gasteiger partial charge is 0.363 e. The van der Waals surface area contributed by atoms with Crippen molar-refractivity contribution in [1.29, 1.82) is 0 Å². The predicted octanol–water partition coefficient (Wildman–Crippen LogP) is 3.38. The van der Waals surface area contributed by atoms with Crippen molar-refractivity contribution in [3.05, 3.63) is 53.2 Å². The second kappa shape index (κ2) is 6.27. The van der Waals surface area contributed by atoms with Gasteiger partial charge in [-0.15, -0.1) is 0 Å². The van der Waals surface area contributed by atoms with Gasteiger partial charge in [-0.25, -0.2) is 9.97 Å². The molecular formula is C19H22N6. The molecule has 0 spiro atoms. The first-order valence-corrected chi connectivity index (χ1v) is 8.67. The summed E-state index contributed by atoms with van der Waals surface area (Å²) in [7, 11) is 2.03. The van der Waals surface area contributed by atoms with Crippen LogP contribution in [0.5, 0.6) is 0 Å². The van der Waals surface area contributed by atoms with Crippen molar-refractivity contribution in [3.63, 3.8) is 0 Å². The van der Waals surface area contributed by atoms with Crippen LogP contribution in [0.4, 0.5) is 5.82 Å². The fraction of sp³-hybridized carbons (Fsp3) is 0.368. The van der Waals surface area contributed by atoms with E-state index in [-0.39, 0.29) is 6.04 Å². The number of pyridine rings is 1. The van der Waals surface area contributed by atoms with Crippen molar-refractivity contribution in [2.75, 3.05) is 5.32 Å². The zero-order valence-corrected chi connectivity index (χ0v) is 14.8. The molecule has 3 aromatic heterocycles. The van der Waals surface area contributed by atoms with Gasteiger partial charge < -0.3 is 5.32 Å². The Balaban J connectivity index is 1.68. The van der Waals surface area contributed by atoms with Crippen LogP contribution in [0.25, 0.3) is 11.4 Å². The zero-order valence-electron chi connectivity index (χ0n) is 14.8. The molecule has 1 unspecified atom stereocenters. The molecule has 6 heteroatoms. The third kappa shape index (κ3) is 2.99. The molecular weight excluding hydrogens is 312 g/mol. The van der Waals surface area contributed by atoms with Gasteiger partial charge in [-0.05, 0) is 45.2 Å². The van der Waals surface area contributed by atoms with Gasteiger partial charge in [0.2, 0.25) is 0 Å². The fourth-order valence-electron chi connectivity index (χ4n) is 3.68.